The predicted octanol–water partition coefficient (Wildman–Crippen LogP) is 3.21. The molecule has 1 N–H and O–H groups in total. The first-order chi connectivity index (χ1) is 8.60. The zero-order valence-electron chi connectivity index (χ0n) is 10.5. The van der Waals surface area contributed by atoms with Gasteiger partial charge in [-0.2, -0.15) is 4.98 Å². The zero-order chi connectivity index (χ0) is 13.1. The Labute approximate surface area is 125 Å². The summed E-state index contributed by atoms with van der Waals surface area (Å²) in [5.74, 6) is 0.383. The number of nitrogens with one attached hydrogen (secondary N) is 1. The van der Waals surface area contributed by atoms with Gasteiger partial charge >= 0.3 is 0 Å². The van der Waals surface area contributed by atoms with Crippen LogP contribution >= 0.6 is 28.3 Å². The lowest BCUT2D eigenvalue weighted by molar-refractivity contribution is 0.416. The molecule has 0 amide bonds. The summed E-state index contributed by atoms with van der Waals surface area (Å²) >= 11 is 3.20. The van der Waals surface area contributed by atoms with E-state index in [1.165, 1.54) is 6.07 Å². The van der Waals surface area contributed by atoms with Crippen molar-refractivity contribution in [1.29, 1.82) is 0 Å². The maximum atomic E-state index is 13.7. The van der Waals surface area contributed by atoms with Crippen molar-refractivity contribution < 1.29 is 8.91 Å². The summed E-state index contributed by atoms with van der Waals surface area (Å²) in [4.78, 5) is 4.19. The summed E-state index contributed by atoms with van der Waals surface area (Å²) in [6, 6.07) is 4.96. The normalized spacial score (nSPS) is 12.0. The first-order valence-corrected chi connectivity index (χ1v) is 6.34. The number of rotatable bonds is 4. The molecule has 4 nitrogen and oxygen atoms in total. The highest BCUT2D eigenvalue weighted by Gasteiger charge is 2.14. The Morgan fingerprint density at radius 2 is 2.21 bits per heavy atom. The van der Waals surface area contributed by atoms with Crippen LogP contribution in [-0.2, 0) is 6.42 Å². The fourth-order valence-electron chi connectivity index (χ4n) is 1.49. The van der Waals surface area contributed by atoms with Crippen molar-refractivity contribution in [3.8, 4) is 11.5 Å². The Balaban J connectivity index is 0.00000180. The number of aromatic nitrogens is 2. The average molecular weight is 351 g/mol. The van der Waals surface area contributed by atoms with E-state index in [-0.39, 0.29) is 30.2 Å². The molecule has 0 fully saturated rings. The van der Waals surface area contributed by atoms with E-state index in [9.17, 15) is 4.39 Å². The molecule has 0 aliphatic rings. The smallest absolute Gasteiger partial charge is 0.260 e. The Bertz CT molecular complexity index is 550. The van der Waals surface area contributed by atoms with Gasteiger partial charge in [-0.1, -0.05) is 21.1 Å². The van der Waals surface area contributed by atoms with Gasteiger partial charge in [-0.25, -0.2) is 4.39 Å². The van der Waals surface area contributed by atoms with Crippen molar-refractivity contribution in [1.82, 2.24) is 15.5 Å². The van der Waals surface area contributed by atoms with Crippen molar-refractivity contribution >= 4 is 28.3 Å². The average Bonchev–Trinajstić information content (AvgIpc) is 2.77. The summed E-state index contributed by atoms with van der Waals surface area (Å²) in [5, 5.41) is 6.92. The lowest BCUT2D eigenvalue weighted by Crippen LogP contribution is -2.24. The third-order valence-corrected chi connectivity index (χ3v) is 3.10. The Morgan fingerprint density at radius 3 is 2.84 bits per heavy atom. The van der Waals surface area contributed by atoms with Crippen LogP contribution in [0.25, 0.3) is 11.5 Å². The van der Waals surface area contributed by atoms with E-state index in [0.29, 0.717) is 22.3 Å². The number of likely N-dealkylation sites (N-methyl/N-ethyl adjacent to an activating group) is 1. The van der Waals surface area contributed by atoms with Gasteiger partial charge in [-0.3, -0.25) is 0 Å². The minimum Gasteiger partial charge on any atom is -0.334 e. The van der Waals surface area contributed by atoms with Gasteiger partial charge in [0.2, 0.25) is 0 Å². The van der Waals surface area contributed by atoms with Gasteiger partial charge in [0.1, 0.15) is 5.82 Å². The zero-order valence-corrected chi connectivity index (χ0v) is 12.9. The van der Waals surface area contributed by atoms with Crippen LogP contribution in [-0.4, -0.2) is 23.2 Å². The van der Waals surface area contributed by atoms with E-state index < -0.39 is 0 Å². The number of hydrogen-bond donors (Lipinski definition) is 1. The summed E-state index contributed by atoms with van der Waals surface area (Å²) < 4.78 is 19.4. The standard InChI is InChI=1S/C12H13BrFN3O.ClH/c1-7(15-2)5-11-16-12(18-17-11)9-4-3-8(13)6-10(9)14;/h3-4,6-7,15H,5H2,1-2H3;1H. The highest BCUT2D eigenvalue weighted by atomic mass is 79.9. The van der Waals surface area contributed by atoms with Crippen LogP contribution in [0.3, 0.4) is 0 Å². The van der Waals surface area contributed by atoms with Crippen LogP contribution in [0.15, 0.2) is 27.2 Å². The number of benzene rings is 1. The van der Waals surface area contributed by atoms with Crippen LogP contribution < -0.4 is 5.32 Å². The monoisotopic (exact) mass is 349 g/mol. The molecule has 1 heterocycles. The van der Waals surface area contributed by atoms with Gasteiger partial charge in [0, 0.05) is 16.9 Å². The molecule has 0 aliphatic heterocycles. The van der Waals surface area contributed by atoms with Crippen LogP contribution in [0.2, 0.25) is 0 Å². The molecule has 19 heavy (non-hydrogen) atoms. The fourth-order valence-corrected chi connectivity index (χ4v) is 1.82. The Hall–Kier alpha value is -0.980. The van der Waals surface area contributed by atoms with Crippen LogP contribution in [0, 0.1) is 5.82 Å². The van der Waals surface area contributed by atoms with Crippen LogP contribution in [0.1, 0.15) is 12.7 Å². The molecule has 0 bridgehead atoms. The first-order valence-electron chi connectivity index (χ1n) is 5.55. The maximum Gasteiger partial charge on any atom is 0.260 e. The molecule has 104 valence electrons. The maximum absolute atomic E-state index is 13.7. The van der Waals surface area contributed by atoms with E-state index >= 15 is 0 Å². The summed E-state index contributed by atoms with van der Waals surface area (Å²) in [7, 11) is 1.86. The van der Waals surface area contributed by atoms with Gasteiger partial charge in [-0.15, -0.1) is 12.4 Å². The lowest BCUT2D eigenvalue weighted by atomic mass is 10.2. The Morgan fingerprint density at radius 1 is 1.47 bits per heavy atom. The SMILES string of the molecule is CNC(C)Cc1noc(-c2ccc(Br)cc2F)n1.Cl. The second-order valence-electron chi connectivity index (χ2n) is 4.03. The number of nitrogens with zero attached hydrogens (tertiary/aromatic N) is 2. The first kappa shape index (κ1) is 16.1. The molecule has 0 spiro atoms. The van der Waals surface area contributed by atoms with Gasteiger partial charge in [0.25, 0.3) is 5.89 Å². The van der Waals surface area contributed by atoms with E-state index in [2.05, 4.69) is 31.4 Å². The molecular weight excluding hydrogens is 337 g/mol. The third-order valence-electron chi connectivity index (χ3n) is 2.61. The molecule has 1 aromatic carbocycles. The topological polar surface area (TPSA) is 51.0 Å². The lowest BCUT2D eigenvalue weighted by Gasteiger charge is -2.04. The fraction of sp³-hybridized carbons (Fsp3) is 0.333. The van der Waals surface area contributed by atoms with E-state index in [0.717, 1.165) is 0 Å². The molecule has 1 aromatic heterocycles. The summed E-state index contributed by atoms with van der Waals surface area (Å²) in [6.07, 6.45) is 0.637. The molecular formula is C12H14BrClFN3O. The van der Waals surface area contributed by atoms with Gasteiger partial charge < -0.3 is 9.84 Å². The molecule has 1 atom stereocenters. The van der Waals surface area contributed by atoms with Gasteiger partial charge in [-0.05, 0) is 32.2 Å². The van der Waals surface area contributed by atoms with E-state index in [1.807, 2.05) is 14.0 Å². The second-order valence-corrected chi connectivity index (χ2v) is 4.95. The van der Waals surface area contributed by atoms with Crippen molar-refractivity contribution in [2.45, 2.75) is 19.4 Å². The predicted molar refractivity (Wildman–Crippen MR) is 76.9 cm³/mol. The molecule has 0 saturated heterocycles. The van der Waals surface area contributed by atoms with Crippen molar-refractivity contribution in [2.75, 3.05) is 7.05 Å². The molecule has 0 radical (unpaired) electrons. The van der Waals surface area contributed by atoms with Gasteiger partial charge in [0.05, 0.1) is 5.56 Å². The van der Waals surface area contributed by atoms with Crippen molar-refractivity contribution in [3.63, 3.8) is 0 Å². The molecule has 0 saturated carbocycles. The number of halogens is 3. The minimum absolute atomic E-state index is 0. The van der Waals surface area contributed by atoms with Crippen molar-refractivity contribution in [2.24, 2.45) is 0 Å². The largest absolute Gasteiger partial charge is 0.334 e. The summed E-state index contributed by atoms with van der Waals surface area (Å²) in [5.41, 5.74) is 0.314. The molecule has 0 aliphatic carbocycles. The number of hydrogen-bond acceptors (Lipinski definition) is 4. The van der Waals surface area contributed by atoms with Crippen LogP contribution in [0.5, 0.6) is 0 Å². The van der Waals surface area contributed by atoms with Crippen LogP contribution in [0.4, 0.5) is 4.39 Å². The molecule has 2 aromatic rings. The van der Waals surface area contributed by atoms with E-state index in [1.54, 1.807) is 12.1 Å². The highest BCUT2D eigenvalue weighted by Crippen LogP contribution is 2.24. The molecule has 1 unspecified atom stereocenters. The molecule has 7 heteroatoms. The minimum atomic E-state index is -0.388. The van der Waals surface area contributed by atoms with Gasteiger partial charge in [0.15, 0.2) is 5.82 Å². The third kappa shape index (κ3) is 3.99. The second kappa shape index (κ2) is 6.98. The Kier molecular flexibility index (Phi) is 5.90. The van der Waals surface area contributed by atoms with Crippen molar-refractivity contribution in [3.05, 3.63) is 34.3 Å². The summed E-state index contributed by atoms with van der Waals surface area (Å²) in [6.45, 7) is 2.01. The quantitative estimate of drug-likeness (QED) is 0.920. The van der Waals surface area contributed by atoms with E-state index in [4.69, 9.17) is 4.52 Å². The highest BCUT2D eigenvalue weighted by molar-refractivity contribution is 9.10. The molecule has 2 rings (SSSR count).